The highest BCUT2D eigenvalue weighted by Crippen LogP contribution is 2.52. The Morgan fingerprint density at radius 2 is 1.38 bits per heavy atom. The summed E-state index contributed by atoms with van der Waals surface area (Å²) >= 11 is 0. The molecule has 1 aliphatic heterocycles. The molecule has 1 heterocycles. The Morgan fingerprint density at radius 1 is 0.768 bits per heavy atom. The van der Waals surface area contributed by atoms with Crippen molar-refractivity contribution >= 4 is 19.3 Å². The Hall–Kier alpha value is -4.32. The molecule has 1 saturated heterocycles. The highest BCUT2D eigenvalue weighted by Gasteiger charge is 2.45. The third kappa shape index (κ3) is 8.08. The first kappa shape index (κ1) is 39.9. The monoisotopic (exact) mass is 772 g/mol. The highest BCUT2D eigenvalue weighted by molar-refractivity contribution is 7.44. The molecule has 0 bridgehead atoms. The minimum Gasteiger partial charge on any atom is -0.497 e. The Kier molecular flexibility index (Phi) is 12.7. The van der Waals surface area contributed by atoms with Gasteiger partial charge < -0.3 is 28.0 Å². The molecule has 9 heteroatoms. The minimum atomic E-state index is -1.54. The normalized spacial score (nSPS) is 18.5. The maximum atomic E-state index is 9.41. The lowest BCUT2D eigenvalue weighted by atomic mass is 9.80. The standard InChI is InChI=1S/C47H53N2O6P/c1-32(2)49(33(3)4)56(53-29-11-28-48)55-44-30-43(41-27-18-35-17-16-34-12-10-15-42(41)46(34)35)54-45(44)31-52-47(36-13-8-7-9-14-36,37-19-23-39(50-5)24-20-37)38-21-25-40(51-6)26-22-38/h7-10,12-15,18-27,32-33,43-45H,11,16-17,29-31H2,1-6H3/t43-,44+,45-,56?/m1/s1. The number of nitrogens with zero attached hydrogens (tertiary/aromatic N) is 2. The summed E-state index contributed by atoms with van der Waals surface area (Å²) in [6, 6.07) is 40.2. The number of aryl methyl sites for hydroxylation is 2. The van der Waals surface area contributed by atoms with Crippen LogP contribution in [0.25, 0.3) is 10.8 Å². The average Bonchev–Trinajstić information content (AvgIpc) is 3.83. The fourth-order valence-electron chi connectivity index (χ4n) is 8.42. The third-order valence-electron chi connectivity index (χ3n) is 11.0. The molecule has 8 nitrogen and oxygen atoms in total. The molecular formula is C47H53N2O6P. The Bertz CT molecular complexity index is 2030. The summed E-state index contributed by atoms with van der Waals surface area (Å²) in [6.07, 6.45) is 1.99. The second kappa shape index (κ2) is 17.9. The molecule has 1 aliphatic carbocycles. The summed E-state index contributed by atoms with van der Waals surface area (Å²) in [4.78, 5) is 0. The van der Waals surface area contributed by atoms with Crippen molar-refractivity contribution in [2.75, 3.05) is 27.4 Å². The van der Waals surface area contributed by atoms with E-state index in [9.17, 15) is 5.26 Å². The molecule has 7 rings (SSSR count). The molecule has 0 aromatic heterocycles. The van der Waals surface area contributed by atoms with Crippen molar-refractivity contribution in [2.45, 2.75) is 89.4 Å². The SMILES string of the molecule is COc1ccc(C(OC[C@H]2O[C@@H](c3ccc4c5c(cccc35)CC4)C[C@@H]2OP(OCCC#N)N(C(C)C)C(C)C)(c2ccccc2)c2ccc(OC)cc2)cc1. The van der Waals surface area contributed by atoms with Gasteiger partial charge in [-0.2, -0.15) is 5.26 Å². The van der Waals surface area contributed by atoms with Crippen LogP contribution in [0, 0.1) is 11.3 Å². The minimum absolute atomic E-state index is 0.156. The smallest absolute Gasteiger partial charge is 0.259 e. The van der Waals surface area contributed by atoms with Gasteiger partial charge in [0, 0.05) is 18.5 Å². The van der Waals surface area contributed by atoms with E-state index in [-0.39, 0.29) is 43.9 Å². The number of ether oxygens (including phenoxy) is 4. The number of hydrogen-bond donors (Lipinski definition) is 0. The maximum Gasteiger partial charge on any atom is 0.259 e. The van der Waals surface area contributed by atoms with Gasteiger partial charge in [-0.25, -0.2) is 4.67 Å². The molecule has 0 spiro atoms. The van der Waals surface area contributed by atoms with Crippen LogP contribution in [-0.4, -0.2) is 56.4 Å². The van der Waals surface area contributed by atoms with Gasteiger partial charge in [0.05, 0.1) is 52.1 Å². The zero-order valence-corrected chi connectivity index (χ0v) is 34.2. The summed E-state index contributed by atoms with van der Waals surface area (Å²) in [5.41, 5.74) is 5.81. The van der Waals surface area contributed by atoms with Gasteiger partial charge in [-0.15, -0.1) is 0 Å². The molecule has 2 aliphatic rings. The van der Waals surface area contributed by atoms with E-state index < -0.39 is 20.2 Å². The first-order valence-electron chi connectivity index (χ1n) is 19.7. The van der Waals surface area contributed by atoms with Gasteiger partial charge in [0.1, 0.15) is 23.2 Å². The van der Waals surface area contributed by atoms with Crippen LogP contribution in [0.2, 0.25) is 0 Å². The van der Waals surface area contributed by atoms with Gasteiger partial charge in [0.25, 0.3) is 8.53 Å². The average molecular weight is 773 g/mol. The van der Waals surface area contributed by atoms with Gasteiger partial charge in [-0.3, -0.25) is 0 Å². The van der Waals surface area contributed by atoms with Crippen molar-refractivity contribution < 1.29 is 28.0 Å². The van der Waals surface area contributed by atoms with E-state index in [4.69, 9.17) is 28.0 Å². The van der Waals surface area contributed by atoms with Crippen molar-refractivity contribution in [3.05, 3.63) is 143 Å². The van der Waals surface area contributed by atoms with Crippen molar-refractivity contribution in [3.63, 3.8) is 0 Å². The number of rotatable bonds is 17. The van der Waals surface area contributed by atoms with Gasteiger partial charge >= 0.3 is 0 Å². The molecule has 1 fully saturated rings. The number of hydrogen-bond acceptors (Lipinski definition) is 8. The molecule has 5 aromatic carbocycles. The first-order chi connectivity index (χ1) is 27.3. The highest BCUT2D eigenvalue weighted by atomic mass is 31.2. The molecule has 0 N–H and O–H groups in total. The van der Waals surface area contributed by atoms with E-state index in [1.165, 1.54) is 27.5 Å². The van der Waals surface area contributed by atoms with Crippen molar-refractivity contribution in [2.24, 2.45) is 0 Å². The molecule has 4 atom stereocenters. The zero-order valence-electron chi connectivity index (χ0n) is 33.3. The van der Waals surface area contributed by atoms with Gasteiger partial charge in [-0.05, 0) is 109 Å². The van der Waals surface area contributed by atoms with E-state index in [0.717, 1.165) is 41.0 Å². The molecule has 0 amide bonds. The van der Waals surface area contributed by atoms with Crippen molar-refractivity contribution in [1.29, 1.82) is 5.26 Å². The van der Waals surface area contributed by atoms with E-state index in [2.05, 4.69) is 105 Å². The van der Waals surface area contributed by atoms with Crippen LogP contribution in [0.4, 0.5) is 0 Å². The molecule has 292 valence electrons. The van der Waals surface area contributed by atoms with E-state index in [1.807, 2.05) is 42.5 Å². The summed E-state index contributed by atoms with van der Waals surface area (Å²) in [6.45, 7) is 9.14. The van der Waals surface area contributed by atoms with E-state index in [1.54, 1.807) is 14.2 Å². The largest absolute Gasteiger partial charge is 0.497 e. The lowest BCUT2D eigenvalue weighted by molar-refractivity contribution is -0.0804. The lowest BCUT2D eigenvalue weighted by Gasteiger charge is -2.39. The molecule has 0 radical (unpaired) electrons. The predicted molar refractivity (Wildman–Crippen MR) is 222 cm³/mol. The van der Waals surface area contributed by atoms with Crippen molar-refractivity contribution in [1.82, 2.24) is 4.67 Å². The van der Waals surface area contributed by atoms with Crippen LogP contribution < -0.4 is 9.47 Å². The van der Waals surface area contributed by atoms with Crippen LogP contribution in [0.3, 0.4) is 0 Å². The number of benzene rings is 5. The van der Waals surface area contributed by atoms with Gasteiger partial charge in [-0.1, -0.05) is 84.9 Å². The van der Waals surface area contributed by atoms with Gasteiger partial charge in [0.2, 0.25) is 0 Å². The molecule has 56 heavy (non-hydrogen) atoms. The number of nitriles is 1. The Labute approximate surface area is 333 Å². The van der Waals surface area contributed by atoms with E-state index >= 15 is 0 Å². The Morgan fingerprint density at radius 3 is 1.96 bits per heavy atom. The molecule has 1 unspecified atom stereocenters. The summed E-state index contributed by atoms with van der Waals surface area (Å²) in [7, 11) is 1.81. The fourth-order valence-corrected chi connectivity index (χ4v) is 10.2. The fraction of sp³-hybridized carbons (Fsp3) is 0.383. The molecule has 5 aromatic rings. The number of methoxy groups -OCH3 is 2. The van der Waals surface area contributed by atoms with Crippen molar-refractivity contribution in [3.8, 4) is 17.6 Å². The van der Waals surface area contributed by atoms with Crippen LogP contribution in [0.1, 0.15) is 80.0 Å². The summed E-state index contributed by atoms with van der Waals surface area (Å²) in [5.74, 6) is 1.52. The first-order valence-corrected chi connectivity index (χ1v) is 20.8. The van der Waals surface area contributed by atoms with E-state index in [0.29, 0.717) is 6.42 Å². The topological polar surface area (TPSA) is 82.4 Å². The summed E-state index contributed by atoms with van der Waals surface area (Å²) in [5, 5.41) is 12.0. The second-order valence-corrected chi connectivity index (χ2v) is 16.5. The second-order valence-electron chi connectivity index (χ2n) is 15.1. The molecule has 0 saturated carbocycles. The van der Waals surface area contributed by atoms with Crippen LogP contribution in [-0.2, 0) is 37.0 Å². The van der Waals surface area contributed by atoms with Crippen LogP contribution in [0.15, 0.2) is 109 Å². The van der Waals surface area contributed by atoms with Crippen LogP contribution >= 0.6 is 8.53 Å². The predicted octanol–water partition coefficient (Wildman–Crippen LogP) is 10.5. The molecular weight excluding hydrogens is 719 g/mol. The lowest BCUT2D eigenvalue weighted by Crippen LogP contribution is -2.39. The summed E-state index contributed by atoms with van der Waals surface area (Å²) < 4.78 is 41.6. The Balaban J connectivity index is 1.31. The quantitative estimate of drug-likeness (QED) is 0.0525. The third-order valence-corrected chi connectivity index (χ3v) is 13.1. The maximum absolute atomic E-state index is 9.41. The zero-order chi connectivity index (χ0) is 39.2. The van der Waals surface area contributed by atoms with Crippen LogP contribution in [0.5, 0.6) is 11.5 Å². The van der Waals surface area contributed by atoms with Gasteiger partial charge in [0.15, 0.2) is 0 Å².